The van der Waals surface area contributed by atoms with E-state index in [1.54, 1.807) is 10.9 Å². The van der Waals surface area contributed by atoms with Crippen LogP contribution in [0.5, 0.6) is 0 Å². The second-order valence-electron chi connectivity index (χ2n) is 6.53. The summed E-state index contributed by atoms with van der Waals surface area (Å²) in [6.07, 6.45) is 4.39. The first-order valence-electron chi connectivity index (χ1n) is 8.60. The highest BCUT2D eigenvalue weighted by molar-refractivity contribution is 5.69. The second-order valence-corrected chi connectivity index (χ2v) is 6.53. The van der Waals surface area contributed by atoms with Gasteiger partial charge in [-0.1, -0.05) is 40.7 Å². The van der Waals surface area contributed by atoms with Crippen LogP contribution < -0.4 is 0 Å². The van der Waals surface area contributed by atoms with Gasteiger partial charge in [0.05, 0.1) is 23.8 Å². The molecule has 2 aromatic heterocycles. The van der Waals surface area contributed by atoms with E-state index in [-0.39, 0.29) is 0 Å². The smallest absolute Gasteiger partial charge is 0.141 e. The van der Waals surface area contributed by atoms with Crippen molar-refractivity contribution in [3.05, 3.63) is 83.0 Å². The zero-order valence-corrected chi connectivity index (χ0v) is 15.1. The van der Waals surface area contributed by atoms with Crippen LogP contribution in [0.1, 0.15) is 28.1 Å². The van der Waals surface area contributed by atoms with Crippen LogP contribution in [0.4, 0.5) is 0 Å². The lowest BCUT2D eigenvalue weighted by atomic mass is 9.95. The van der Waals surface area contributed by atoms with Gasteiger partial charge in [0.15, 0.2) is 0 Å². The minimum absolute atomic E-state index is 0.856. The Bertz CT molecular complexity index is 1010. The lowest BCUT2D eigenvalue weighted by Gasteiger charge is -2.10. The zero-order chi connectivity index (χ0) is 18.1. The van der Waals surface area contributed by atoms with Gasteiger partial charge in [0.1, 0.15) is 5.76 Å². The maximum Gasteiger partial charge on any atom is 0.141 e. The standard InChI is InChI=1S/C21H20N4O/c1-14-4-7-18(21-15(2)23-26-16(21)3)13-19(14)12-17-5-8-20(9-6-17)25-11-10-22-24-25/h4-11,13H,12H2,1-3H3. The summed E-state index contributed by atoms with van der Waals surface area (Å²) >= 11 is 0. The van der Waals surface area contributed by atoms with Crippen molar-refractivity contribution < 1.29 is 4.52 Å². The van der Waals surface area contributed by atoms with Crippen molar-refractivity contribution in [2.24, 2.45) is 0 Å². The van der Waals surface area contributed by atoms with Crippen molar-refractivity contribution >= 4 is 0 Å². The van der Waals surface area contributed by atoms with Crippen LogP contribution in [0, 0.1) is 20.8 Å². The average molecular weight is 344 g/mol. The van der Waals surface area contributed by atoms with Gasteiger partial charge in [0.25, 0.3) is 0 Å². The summed E-state index contributed by atoms with van der Waals surface area (Å²) in [5, 5.41) is 11.9. The third-order valence-corrected chi connectivity index (χ3v) is 4.69. The largest absolute Gasteiger partial charge is 0.361 e. The van der Waals surface area contributed by atoms with Gasteiger partial charge in [0, 0.05) is 5.56 Å². The molecule has 5 heteroatoms. The molecule has 0 fully saturated rings. The Balaban J connectivity index is 1.63. The van der Waals surface area contributed by atoms with Gasteiger partial charge in [-0.05, 0) is 61.6 Å². The van der Waals surface area contributed by atoms with E-state index in [0.29, 0.717) is 0 Å². The zero-order valence-electron chi connectivity index (χ0n) is 15.1. The van der Waals surface area contributed by atoms with Crippen molar-refractivity contribution in [3.8, 4) is 16.8 Å². The van der Waals surface area contributed by atoms with Crippen molar-refractivity contribution in [1.82, 2.24) is 20.2 Å². The van der Waals surface area contributed by atoms with Crippen LogP contribution >= 0.6 is 0 Å². The van der Waals surface area contributed by atoms with E-state index in [2.05, 4.69) is 64.9 Å². The van der Waals surface area contributed by atoms with E-state index >= 15 is 0 Å². The molecule has 0 saturated carbocycles. The molecule has 0 radical (unpaired) electrons. The fraction of sp³-hybridized carbons (Fsp3) is 0.190. The van der Waals surface area contributed by atoms with Gasteiger partial charge < -0.3 is 4.52 Å². The number of aryl methyl sites for hydroxylation is 3. The van der Waals surface area contributed by atoms with Crippen LogP contribution in [0.3, 0.4) is 0 Å². The first kappa shape index (κ1) is 16.3. The SMILES string of the molecule is Cc1ccc(-c2c(C)noc2C)cc1Cc1ccc(-n2ccnn2)cc1. The first-order valence-corrected chi connectivity index (χ1v) is 8.60. The number of hydrogen-bond acceptors (Lipinski definition) is 4. The molecule has 0 aliphatic rings. The summed E-state index contributed by atoms with van der Waals surface area (Å²) in [5.41, 5.74) is 8.01. The van der Waals surface area contributed by atoms with Gasteiger partial charge in [-0.25, -0.2) is 4.68 Å². The fourth-order valence-corrected chi connectivity index (χ4v) is 3.24. The topological polar surface area (TPSA) is 56.7 Å². The van der Waals surface area contributed by atoms with Crippen LogP contribution in [-0.4, -0.2) is 20.2 Å². The molecule has 0 aliphatic heterocycles. The van der Waals surface area contributed by atoms with Gasteiger partial charge >= 0.3 is 0 Å². The highest BCUT2D eigenvalue weighted by Crippen LogP contribution is 2.29. The molecule has 0 saturated heterocycles. The van der Waals surface area contributed by atoms with Gasteiger partial charge in [-0.2, -0.15) is 0 Å². The number of nitrogens with zero attached hydrogens (tertiary/aromatic N) is 4. The van der Waals surface area contributed by atoms with E-state index in [1.807, 2.05) is 20.0 Å². The van der Waals surface area contributed by atoms with Crippen LogP contribution in [0.2, 0.25) is 0 Å². The molecule has 4 aromatic rings. The molecule has 0 aliphatic carbocycles. The lowest BCUT2D eigenvalue weighted by Crippen LogP contribution is -1.97. The molecule has 4 rings (SSSR count). The van der Waals surface area contributed by atoms with Crippen LogP contribution in [0.25, 0.3) is 16.8 Å². The molecule has 0 spiro atoms. The molecule has 2 heterocycles. The first-order chi connectivity index (χ1) is 12.6. The fourth-order valence-electron chi connectivity index (χ4n) is 3.24. The minimum atomic E-state index is 0.856. The van der Waals surface area contributed by atoms with Crippen molar-refractivity contribution in [3.63, 3.8) is 0 Å². The highest BCUT2D eigenvalue weighted by atomic mass is 16.5. The molecular weight excluding hydrogens is 324 g/mol. The van der Waals surface area contributed by atoms with Gasteiger partial charge in [-0.15, -0.1) is 5.10 Å². The third-order valence-electron chi connectivity index (χ3n) is 4.69. The van der Waals surface area contributed by atoms with Crippen molar-refractivity contribution in [1.29, 1.82) is 0 Å². The Kier molecular flexibility index (Phi) is 4.13. The molecule has 2 aromatic carbocycles. The quantitative estimate of drug-likeness (QED) is 0.549. The van der Waals surface area contributed by atoms with E-state index in [0.717, 1.165) is 34.7 Å². The molecule has 26 heavy (non-hydrogen) atoms. The number of rotatable bonds is 4. The molecule has 0 bridgehead atoms. The molecule has 0 amide bonds. The monoisotopic (exact) mass is 344 g/mol. The molecule has 5 nitrogen and oxygen atoms in total. The van der Waals surface area contributed by atoms with Gasteiger partial charge in [0.2, 0.25) is 0 Å². The lowest BCUT2D eigenvalue weighted by molar-refractivity contribution is 0.393. The van der Waals surface area contributed by atoms with E-state index in [1.165, 1.54) is 16.7 Å². The molecule has 0 unspecified atom stereocenters. The highest BCUT2D eigenvalue weighted by Gasteiger charge is 2.13. The summed E-state index contributed by atoms with van der Waals surface area (Å²) in [5.74, 6) is 0.856. The summed E-state index contributed by atoms with van der Waals surface area (Å²) in [6.45, 7) is 6.09. The molecule has 130 valence electrons. The molecule has 0 N–H and O–H groups in total. The van der Waals surface area contributed by atoms with E-state index in [4.69, 9.17) is 4.52 Å². The van der Waals surface area contributed by atoms with Crippen LogP contribution in [0.15, 0.2) is 59.4 Å². The van der Waals surface area contributed by atoms with Gasteiger partial charge in [-0.3, -0.25) is 0 Å². The Morgan fingerprint density at radius 2 is 1.81 bits per heavy atom. The van der Waals surface area contributed by atoms with E-state index in [9.17, 15) is 0 Å². The molecule has 0 atom stereocenters. The maximum absolute atomic E-state index is 5.32. The van der Waals surface area contributed by atoms with Crippen molar-refractivity contribution in [2.75, 3.05) is 0 Å². The van der Waals surface area contributed by atoms with E-state index < -0.39 is 0 Å². The predicted molar refractivity (Wildman–Crippen MR) is 100 cm³/mol. The average Bonchev–Trinajstić information content (AvgIpc) is 3.28. The maximum atomic E-state index is 5.32. The minimum Gasteiger partial charge on any atom is -0.361 e. The normalized spacial score (nSPS) is 11.0. The summed E-state index contributed by atoms with van der Waals surface area (Å²) in [4.78, 5) is 0. The summed E-state index contributed by atoms with van der Waals surface area (Å²) in [6, 6.07) is 15.0. The summed E-state index contributed by atoms with van der Waals surface area (Å²) in [7, 11) is 0. The number of hydrogen-bond donors (Lipinski definition) is 0. The van der Waals surface area contributed by atoms with Crippen LogP contribution in [-0.2, 0) is 6.42 Å². The Morgan fingerprint density at radius 3 is 2.46 bits per heavy atom. The Morgan fingerprint density at radius 1 is 1.00 bits per heavy atom. The second kappa shape index (κ2) is 6.59. The predicted octanol–water partition coefficient (Wildman–Crippen LogP) is 4.44. The number of aromatic nitrogens is 4. The summed E-state index contributed by atoms with van der Waals surface area (Å²) < 4.78 is 7.08. The Hall–Kier alpha value is -3.21. The van der Waals surface area contributed by atoms with Crippen molar-refractivity contribution in [2.45, 2.75) is 27.2 Å². The Labute approximate surface area is 152 Å². The number of benzene rings is 2. The molecular formula is C21H20N4O. The third kappa shape index (κ3) is 3.04.